The van der Waals surface area contributed by atoms with E-state index in [2.05, 4.69) is 21.3 Å². The molecule has 0 unspecified atom stereocenters. The lowest BCUT2D eigenvalue weighted by molar-refractivity contribution is 0.143. The van der Waals surface area contributed by atoms with Gasteiger partial charge in [-0.1, -0.05) is 0 Å². The van der Waals surface area contributed by atoms with E-state index >= 15 is 0 Å². The van der Waals surface area contributed by atoms with E-state index in [4.69, 9.17) is 14.2 Å². The highest BCUT2D eigenvalue weighted by molar-refractivity contribution is 5.78. The summed E-state index contributed by atoms with van der Waals surface area (Å²) in [5.74, 6) is 2.45. The predicted octanol–water partition coefficient (Wildman–Crippen LogP) is 3.10. The van der Waals surface area contributed by atoms with Crippen LogP contribution in [0.3, 0.4) is 0 Å². The Kier molecular flexibility index (Phi) is 4.99. The third kappa shape index (κ3) is 3.70. The Balaban J connectivity index is 1.63. The molecule has 3 heterocycles. The number of rotatable bonds is 0. The molecular formula is C19H23N3O3. The first-order valence-corrected chi connectivity index (χ1v) is 8.86. The highest BCUT2D eigenvalue weighted by Crippen LogP contribution is 2.47. The molecule has 6 heteroatoms. The maximum atomic E-state index is 6.02. The molecule has 0 atom stereocenters. The standard InChI is InChI=1S/C19H23N3O3/c1-2-10-24-15-3-4-18-17(13-15)22(9-12-23-11-8-20-6-1)16-5-7-21-14-19(16)25-18/h3-5,7,13-14,20H,1-2,6,8-12H2. The molecular weight excluding hydrogens is 318 g/mol. The van der Waals surface area contributed by atoms with E-state index in [9.17, 15) is 0 Å². The molecule has 0 amide bonds. The Morgan fingerprint density at radius 3 is 2.96 bits per heavy atom. The molecule has 2 aromatic rings. The van der Waals surface area contributed by atoms with Gasteiger partial charge in [0.15, 0.2) is 11.5 Å². The van der Waals surface area contributed by atoms with Crippen molar-refractivity contribution < 1.29 is 14.2 Å². The molecule has 2 aliphatic heterocycles. The Morgan fingerprint density at radius 1 is 0.960 bits per heavy atom. The number of aromatic nitrogens is 1. The lowest BCUT2D eigenvalue weighted by atomic mass is 10.2. The van der Waals surface area contributed by atoms with Crippen LogP contribution in [0.1, 0.15) is 12.8 Å². The topological polar surface area (TPSA) is 55.9 Å². The van der Waals surface area contributed by atoms with Crippen LogP contribution in [0.25, 0.3) is 0 Å². The van der Waals surface area contributed by atoms with Crippen LogP contribution in [-0.4, -0.2) is 44.4 Å². The maximum Gasteiger partial charge on any atom is 0.169 e. The monoisotopic (exact) mass is 341 g/mol. The van der Waals surface area contributed by atoms with E-state index in [-0.39, 0.29) is 0 Å². The molecule has 2 bridgehead atoms. The number of anilines is 2. The van der Waals surface area contributed by atoms with Gasteiger partial charge in [0.25, 0.3) is 0 Å². The van der Waals surface area contributed by atoms with Gasteiger partial charge in [0.05, 0.1) is 37.4 Å². The number of benzene rings is 1. The number of ether oxygens (including phenoxy) is 3. The van der Waals surface area contributed by atoms with E-state index in [1.165, 1.54) is 0 Å². The third-order valence-electron chi connectivity index (χ3n) is 4.39. The molecule has 2 aliphatic rings. The van der Waals surface area contributed by atoms with Gasteiger partial charge in [0.2, 0.25) is 0 Å². The van der Waals surface area contributed by atoms with E-state index in [1.54, 1.807) is 12.4 Å². The molecule has 25 heavy (non-hydrogen) atoms. The van der Waals surface area contributed by atoms with Crippen LogP contribution < -0.4 is 19.7 Å². The van der Waals surface area contributed by atoms with Crippen molar-refractivity contribution in [1.82, 2.24) is 10.3 Å². The second kappa shape index (κ2) is 7.72. The van der Waals surface area contributed by atoms with Crippen molar-refractivity contribution in [3.05, 3.63) is 36.7 Å². The summed E-state index contributed by atoms with van der Waals surface area (Å²) in [7, 11) is 0. The van der Waals surface area contributed by atoms with Gasteiger partial charge < -0.3 is 24.4 Å². The summed E-state index contributed by atoms with van der Waals surface area (Å²) in [6, 6.07) is 7.96. The minimum absolute atomic E-state index is 0.647. The fraction of sp³-hybridized carbons (Fsp3) is 0.421. The molecule has 0 radical (unpaired) electrons. The zero-order valence-corrected chi connectivity index (χ0v) is 14.2. The average Bonchev–Trinajstić information content (AvgIpc) is 2.65. The molecule has 1 aromatic carbocycles. The van der Waals surface area contributed by atoms with Crippen molar-refractivity contribution in [2.75, 3.05) is 44.4 Å². The molecule has 0 aliphatic carbocycles. The number of pyridine rings is 1. The van der Waals surface area contributed by atoms with E-state index in [1.807, 2.05) is 18.2 Å². The Morgan fingerprint density at radius 2 is 1.96 bits per heavy atom. The zero-order chi connectivity index (χ0) is 16.9. The number of nitrogens with zero attached hydrogens (tertiary/aromatic N) is 2. The largest absolute Gasteiger partial charge is 0.494 e. The van der Waals surface area contributed by atoms with Gasteiger partial charge in [-0.15, -0.1) is 0 Å². The Labute approximate surface area is 147 Å². The minimum atomic E-state index is 0.647. The van der Waals surface area contributed by atoms with E-state index in [0.717, 1.165) is 74.3 Å². The number of hydrogen-bond donors (Lipinski definition) is 1. The Hall–Kier alpha value is -2.31. The van der Waals surface area contributed by atoms with Crippen LogP contribution in [0.2, 0.25) is 0 Å². The molecule has 0 spiro atoms. The summed E-state index contributed by atoms with van der Waals surface area (Å²) in [6.07, 6.45) is 5.66. The first-order valence-electron chi connectivity index (χ1n) is 8.86. The van der Waals surface area contributed by atoms with Gasteiger partial charge in [-0.25, -0.2) is 0 Å². The molecule has 0 fully saturated rings. The summed E-state index contributed by atoms with van der Waals surface area (Å²) in [5, 5.41) is 3.40. The van der Waals surface area contributed by atoms with Crippen LogP contribution in [0.4, 0.5) is 11.4 Å². The van der Waals surface area contributed by atoms with Gasteiger partial charge in [0, 0.05) is 25.4 Å². The Bertz CT molecular complexity index is 723. The highest BCUT2D eigenvalue weighted by Gasteiger charge is 2.25. The zero-order valence-electron chi connectivity index (χ0n) is 14.2. The van der Waals surface area contributed by atoms with Crippen LogP contribution >= 0.6 is 0 Å². The number of nitrogens with one attached hydrogen (secondary N) is 1. The van der Waals surface area contributed by atoms with Crippen molar-refractivity contribution in [3.8, 4) is 17.2 Å². The fourth-order valence-electron chi connectivity index (χ4n) is 3.12. The van der Waals surface area contributed by atoms with Crippen LogP contribution in [-0.2, 0) is 4.74 Å². The lowest BCUT2D eigenvalue weighted by Crippen LogP contribution is -2.27. The van der Waals surface area contributed by atoms with E-state index in [0.29, 0.717) is 6.61 Å². The van der Waals surface area contributed by atoms with Crippen molar-refractivity contribution in [2.45, 2.75) is 12.8 Å². The summed E-state index contributed by atoms with van der Waals surface area (Å²) in [5.41, 5.74) is 2.01. The molecule has 0 saturated carbocycles. The lowest BCUT2D eigenvalue weighted by Gasteiger charge is -2.32. The second-order valence-corrected chi connectivity index (χ2v) is 6.14. The fourth-order valence-corrected chi connectivity index (χ4v) is 3.12. The van der Waals surface area contributed by atoms with Crippen LogP contribution in [0.15, 0.2) is 36.7 Å². The summed E-state index contributed by atoms with van der Waals surface area (Å²) >= 11 is 0. The highest BCUT2D eigenvalue weighted by atomic mass is 16.5. The molecule has 4 rings (SSSR count). The first kappa shape index (κ1) is 16.2. The normalized spacial score (nSPS) is 18.2. The second-order valence-electron chi connectivity index (χ2n) is 6.14. The van der Waals surface area contributed by atoms with Crippen molar-refractivity contribution >= 4 is 11.4 Å². The van der Waals surface area contributed by atoms with Gasteiger partial charge in [-0.2, -0.15) is 0 Å². The minimum Gasteiger partial charge on any atom is -0.494 e. The smallest absolute Gasteiger partial charge is 0.169 e. The average molecular weight is 341 g/mol. The number of hydrogen-bond acceptors (Lipinski definition) is 6. The van der Waals surface area contributed by atoms with Gasteiger partial charge in [-0.05, 0) is 37.6 Å². The molecule has 1 N–H and O–H groups in total. The SMILES string of the molecule is c1cc2c(cn1)Oc1ccc3cc1N2CCOCCNCCCCO3. The summed E-state index contributed by atoms with van der Waals surface area (Å²) < 4.78 is 17.7. The summed E-state index contributed by atoms with van der Waals surface area (Å²) in [6.45, 7) is 4.71. The first-order chi connectivity index (χ1) is 12.4. The number of fused-ring (bicyclic) bond motifs is 3. The van der Waals surface area contributed by atoms with E-state index < -0.39 is 0 Å². The molecule has 6 nitrogen and oxygen atoms in total. The quantitative estimate of drug-likeness (QED) is 0.795. The van der Waals surface area contributed by atoms with Gasteiger partial charge in [0.1, 0.15) is 5.75 Å². The van der Waals surface area contributed by atoms with Crippen molar-refractivity contribution in [2.24, 2.45) is 0 Å². The molecule has 132 valence electrons. The molecule has 0 saturated heterocycles. The van der Waals surface area contributed by atoms with Crippen molar-refractivity contribution in [1.29, 1.82) is 0 Å². The predicted molar refractivity (Wildman–Crippen MR) is 96.2 cm³/mol. The van der Waals surface area contributed by atoms with Crippen molar-refractivity contribution in [3.63, 3.8) is 0 Å². The molecule has 1 aromatic heterocycles. The van der Waals surface area contributed by atoms with Gasteiger partial charge >= 0.3 is 0 Å². The summed E-state index contributed by atoms with van der Waals surface area (Å²) in [4.78, 5) is 6.39. The van der Waals surface area contributed by atoms with Gasteiger partial charge in [-0.3, -0.25) is 4.98 Å². The maximum absolute atomic E-state index is 6.02. The van der Waals surface area contributed by atoms with Crippen LogP contribution in [0.5, 0.6) is 17.2 Å². The van der Waals surface area contributed by atoms with Crippen LogP contribution in [0, 0.1) is 0 Å². The third-order valence-corrected chi connectivity index (χ3v) is 4.39.